The molecule has 4 heteroatoms. The second kappa shape index (κ2) is 40.8. The molecule has 342 valence electrons. The van der Waals surface area contributed by atoms with Gasteiger partial charge in [0.25, 0.3) is 0 Å². The van der Waals surface area contributed by atoms with Crippen LogP contribution in [0.15, 0.2) is 12.1 Å². The van der Waals surface area contributed by atoms with Crippen LogP contribution in [0.1, 0.15) is 273 Å². The van der Waals surface area contributed by atoms with E-state index in [1.54, 1.807) is 0 Å². The number of hydrogen-bond donors (Lipinski definition) is 1. The average molecular weight is 812 g/mol. The predicted molar refractivity (Wildman–Crippen MR) is 265 cm³/mol. The van der Waals surface area contributed by atoms with Crippen LogP contribution < -0.4 is 14.7 Å². The minimum Gasteiger partial charge on any atom is -0.506 e. The lowest BCUT2D eigenvalue weighted by Gasteiger charge is -2.38. The number of aromatic hydroxyl groups is 1. The van der Waals surface area contributed by atoms with E-state index in [2.05, 4.69) is 68.4 Å². The fourth-order valence-corrected chi connectivity index (χ4v) is 8.96. The van der Waals surface area contributed by atoms with Crippen molar-refractivity contribution in [3.63, 3.8) is 0 Å². The minimum absolute atomic E-state index is 0.519. The summed E-state index contributed by atoms with van der Waals surface area (Å²) in [7, 11) is 0. The maximum absolute atomic E-state index is 12.2. The molecular formula is C54H105N3O. The van der Waals surface area contributed by atoms with E-state index in [1.807, 2.05) is 0 Å². The van der Waals surface area contributed by atoms with E-state index < -0.39 is 0 Å². The second-order valence-corrected chi connectivity index (χ2v) is 18.4. The van der Waals surface area contributed by atoms with Crippen LogP contribution in [-0.2, 0) is 0 Å². The van der Waals surface area contributed by atoms with E-state index in [0.717, 1.165) is 39.3 Å². The first kappa shape index (κ1) is 54.4. The van der Waals surface area contributed by atoms with Crippen molar-refractivity contribution in [3.8, 4) is 5.75 Å². The molecule has 1 aromatic rings. The highest BCUT2D eigenvalue weighted by molar-refractivity contribution is 5.89. The molecule has 0 aliphatic rings. The first-order valence-corrected chi connectivity index (χ1v) is 26.7. The summed E-state index contributed by atoms with van der Waals surface area (Å²) in [5.41, 5.74) is 3.98. The Morgan fingerprint density at radius 3 is 0.776 bits per heavy atom. The van der Waals surface area contributed by atoms with Gasteiger partial charge >= 0.3 is 0 Å². The number of anilines is 3. The molecule has 0 radical (unpaired) electrons. The van der Waals surface area contributed by atoms with Gasteiger partial charge in [0, 0.05) is 39.3 Å². The summed E-state index contributed by atoms with van der Waals surface area (Å²) in [6.07, 6.45) is 47.6. The van der Waals surface area contributed by atoms with Crippen molar-refractivity contribution in [1.82, 2.24) is 0 Å². The van der Waals surface area contributed by atoms with E-state index in [4.69, 9.17) is 0 Å². The van der Waals surface area contributed by atoms with E-state index in [9.17, 15) is 5.11 Å². The summed E-state index contributed by atoms with van der Waals surface area (Å²) in [5.74, 6) is 0.519. The van der Waals surface area contributed by atoms with Gasteiger partial charge in [-0.1, -0.05) is 234 Å². The largest absolute Gasteiger partial charge is 0.506 e. The highest BCUT2D eigenvalue weighted by Crippen LogP contribution is 2.46. The van der Waals surface area contributed by atoms with E-state index in [1.165, 1.54) is 248 Å². The number of hydrogen-bond acceptors (Lipinski definition) is 4. The van der Waals surface area contributed by atoms with Crippen molar-refractivity contribution in [2.24, 2.45) is 0 Å². The van der Waals surface area contributed by atoms with Gasteiger partial charge in [-0.25, -0.2) is 0 Å². The van der Waals surface area contributed by atoms with Crippen molar-refractivity contribution in [1.29, 1.82) is 0 Å². The van der Waals surface area contributed by atoms with Crippen molar-refractivity contribution in [3.05, 3.63) is 12.1 Å². The number of rotatable bonds is 45. The Hall–Kier alpha value is -1.58. The van der Waals surface area contributed by atoms with Crippen LogP contribution in [0.4, 0.5) is 17.1 Å². The van der Waals surface area contributed by atoms with Gasteiger partial charge in [-0.05, 0) is 50.7 Å². The third kappa shape index (κ3) is 27.3. The van der Waals surface area contributed by atoms with Crippen LogP contribution in [0.2, 0.25) is 0 Å². The molecule has 0 bridgehead atoms. The highest BCUT2D eigenvalue weighted by atomic mass is 16.3. The quantitative estimate of drug-likeness (QED) is 0.0665. The molecule has 0 heterocycles. The molecule has 0 aliphatic carbocycles. The third-order valence-corrected chi connectivity index (χ3v) is 12.8. The first-order chi connectivity index (χ1) is 28.6. The summed E-state index contributed by atoms with van der Waals surface area (Å²) in [6, 6.07) is 4.46. The monoisotopic (exact) mass is 812 g/mol. The molecule has 1 rings (SSSR count). The summed E-state index contributed by atoms with van der Waals surface area (Å²) < 4.78 is 0. The maximum Gasteiger partial charge on any atom is 0.141 e. The Bertz CT molecular complexity index is 949. The van der Waals surface area contributed by atoms with Gasteiger partial charge < -0.3 is 19.8 Å². The van der Waals surface area contributed by atoms with Gasteiger partial charge in [-0.15, -0.1) is 0 Å². The minimum atomic E-state index is 0.519. The second-order valence-electron chi connectivity index (χ2n) is 18.4. The number of benzene rings is 1. The normalized spacial score (nSPS) is 11.5. The Morgan fingerprint density at radius 1 is 0.276 bits per heavy atom. The van der Waals surface area contributed by atoms with Crippen LogP contribution in [0.3, 0.4) is 0 Å². The molecule has 58 heavy (non-hydrogen) atoms. The Morgan fingerprint density at radius 2 is 0.500 bits per heavy atom. The molecule has 4 nitrogen and oxygen atoms in total. The van der Waals surface area contributed by atoms with Crippen molar-refractivity contribution in [2.75, 3.05) is 54.0 Å². The standard InChI is InChI=1S/C54H105N3O/c1-7-13-19-25-31-37-45-55(46-38-32-26-20-14-8-2)51-43-44-52(58)54(57(49-41-35-29-23-17-11-5)50-42-36-30-24-18-12-6)53(51)56(47-39-33-27-21-15-9-3)48-40-34-28-22-16-10-4/h43-44,58H,7-42,45-50H2,1-6H3. The van der Waals surface area contributed by atoms with Crippen molar-refractivity contribution >= 4 is 17.1 Å². The van der Waals surface area contributed by atoms with Crippen LogP contribution >= 0.6 is 0 Å². The summed E-state index contributed by atoms with van der Waals surface area (Å²) >= 11 is 0. The molecule has 0 unspecified atom stereocenters. The third-order valence-electron chi connectivity index (χ3n) is 12.8. The lowest BCUT2D eigenvalue weighted by Crippen LogP contribution is -2.35. The number of unbranched alkanes of at least 4 members (excludes halogenated alkanes) is 30. The molecule has 0 spiro atoms. The number of phenolic OH excluding ortho intramolecular Hbond substituents is 1. The van der Waals surface area contributed by atoms with Gasteiger partial charge in [-0.3, -0.25) is 0 Å². The molecule has 0 aliphatic heterocycles. The Labute approximate surface area is 365 Å². The molecule has 0 saturated carbocycles. The van der Waals surface area contributed by atoms with Gasteiger partial charge in [0.2, 0.25) is 0 Å². The topological polar surface area (TPSA) is 30.0 Å². The molecular weight excluding hydrogens is 707 g/mol. The Kier molecular flexibility index (Phi) is 38.3. The summed E-state index contributed by atoms with van der Waals surface area (Å²) in [6.45, 7) is 20.6. The zero-order chi connectivity index (χ0) is 42.2. The van der Waals surface area contributed by atoms with Crippen LogP contribution in [0.25, 0.3) is 0 Å². The fourth-order valence-electron chi connectivity index (χ4n) is 8.96. The zero-order valence-corrected chi connectivity index (χ0v) is 40.6. The molecule has 0 atom stereocenters. The van der Waals surface area contributed by atoms with Crippen LogP contribution in [0, 0.1) is 0 Å². The zero-order valence-electron chi connectivity index (χ0n) is 40.6. The van der Waals surface area contributed by atoms with E-state index in [-0.39, 0.29) is 0 Å². The summed E-state index contributed by atoms with van der Waals surface area (Å²) in [5, 5.41) is 12.2. The lowest BCUT2D eigenvalue weighted by atomic mass is 10.0. The SMILES string of the molecule is CCCCCCCCN(CCCCCCCC)c1ccc(O)c(N(CCCCCCCC)CCCCCCCC)c1N(CCCCCCCC)CCCCCCCC. The highest BCUT2D eigenvalue weighted by Gasteiger charge is 2.26. The fraction of sp³-hybridized carbons (Fsp3) is 0.889. The lowest BCUT2D eigenvalue weighted by molar-refractivity contribution is 0.471. The van der Waals surface area contributed by atoms with E-state index in [0.29, 0.717) is 5.75 Å². The number of nitrogens with zero attached hydrogens (tertiary/aromatic N) is 3. The van der Waals surface area contributed by atoms with Gasteiger partial charge in [0.05, 0.1) is 11.4 Å². The molecule has 0 aromatic heterocycles. The maximum atomic E-state index is 12.2. The van der Waals surface area contributed by atoms with Gasteiger partial charge in [0.15, 0.2) is 0 Å². The van der Waals surface area contributed by atoms with Crippen LogP contribution in [-0.4, -0.2) is 44.4 Å². The molecule has 1 aromatic carbocycles. The predicted octanol–water partition coefficient (Wildman–Crippen LogP) is 18.0. The smallest absolute Gasteiger partial charge is 0.141 e. The number of phenols is 1. The molecule has 0 amide bonds. The summed E-state index contributed by atoms with van der Waals surface area (Å²) in [4.78, 5) is 8.31. The molecule has 0 saturated heterocycles. The van der Waals surface area contributed by atoms with Gasteiger partial charge in [-0.2, -0.15) is 0 Å². The first-order valence-electron chi connectivity index (χ1n) is 26.7. The molecule has 1 N–H and O–H groups in total. The Balaban J connectivity index is 3.73. The average Bonchev–Trinajstić information content (AvgIpc) is 3.23. The van der Waals surface area contributed by atoms with Crippen molar-refractivity contribution < 1.29 is 5.11 Å². The van der Waals surface area contributed by atoms with Crippen molar-refractivity contribution in [2.45, 2.75) is 273 Å². The van der Waals surface area contributed by atoms with E-state index >= 15 is 0 Å². The molecule has 0 fully saturated rings. The van der Waals surface area contributed by atoms with Gasteiger partial charge in [0.1, 0.15) is 11.4 Å². The van der Waals surface area contributed by atoms with Crippen LogP contribution in [0.5, 0.6) is 5.75 Å².